The van der Waals surface area contributed by atoms with Gasteiger partial charge in [0.05, 0.1) is 0 Å². The van der Waals surface area contributed by atoms with E-state index in [-0.39, 0.29) is 0 Å². The monoisotopic (exact) mass is 380 g/mol. The Balaban J connectivity index is 4.22. The molecule has 0 saturated heterocycles. The van der Waals surface area contributed by atoms with Gasteiger partial charge in [-0.15, -0.1) is 0 Å². The molecule has 0 aromatic rings. The predicted octanol–water partition coefficient (Wildman–Crippen LogP) is 10.5. The van der Waals surface area contributed by atoms with Crippen LogP contribution in [0.2, 0.25) is 0 Å². The summed E-state index contributed by atoms with van der Waals surface area (Å²) in [6.07, 6.45) is 30.7. The molecule has 0 heterocycles. The molecule has 0 aromatic carbocycles. The smallest absolute Gasteiger partial charge is 0.0412 e. The summed E-state index contributed by atoms with van der Waals surface area (Å²) in [5.74, 6) is 2.05. The summed E-state index contributed by atoms with van der Waals surface area (Å²) in [6.45, 7) is 9.38. The van der Waals surface area contributed by atoms with Crippen LogP contribution in [0, 0.1) is 11.8 Å². The Labute approximate surface area is 174 Å². The molecule has 0 spiro atoms. The third-order valence-corrected chi connectivity index (χ3v) is 6.51. The fraction of sp³-hybridized carbons (Fsp3) is 1.00. The van der Waals surface area contributed by atoms with Gasteiger partial charge in [-0.05, 0) is 18.3 Å². The van der Waals surface area contributed by atoms with E-state index < -0.39 is 0 Å². The lowest BCUT2D eigenvalue weighted by molar-refractivity contribution is 0.286. The van der Waals surface area contributed by atoms with E-state index >= 15 is 0 Å². The van der Waals surface area contributed by atoms with Crippen molar-refractivity contribution in [1.29, 1.82) is 0 Å². The van der Waals surface area contributed by atoms with Crippen LogP contribution >= 0.6 is 0 Å². The van der Waals surface area contributed by atoms with E-state index in [0.29, 0.717) is 0 Å². The molecule has 0 aliphatic carbocycles. The topological polar surface area (TPSA) is 0 Å². The van der Waals surface area contributed by atoms with Gasteiger partial charge in [0.15, 0.2) is 0 Å². The van der Waals surface area contributed by atoms with Gasteiger partial charge in [0.25, 0.3) is 0 Å². The van der Waals surface area contributed by atoms with Crippen molar-refractivity contribution in [2.75, 3.05) is 0 Å². The second-order valence-corrected chi connectivity index (χ2v) is 9.37. The molecule has 0 radical (unpaired) electrons. The average molecular weight is 381 g/mol. The first-order valence-corrected chi connectivity index (χ1v) is 13.3. The summed E-state index contributed by atoms with van der Waals surface area (Å²) >= 11 is 0. The maximum atomic E-state index is 2.40. The molecule has 0 heteroatoms. The van der Waals surface area contributed by atoms with Crippen LogP contribution in [0.4, 0.5) is 0 Å². The first kappa shape index (κ1) is 27.0. The average Bonchev–Trinajstić information content (AvgIpc) is 2.67. The first-order valence-electron chi connectivity index (χ1n) is 13.3. The van der Waals surface area contributed by atoms with Crippen molar-refractivity contribution < 1.29 is 0 Å². The third kappa shape index (κ3) is 19.1. The van der Waals surface area contributed by atoms with Crippen molar-refractivity contribution in [1.82, 2.24) is 0 Å². The second kappa shape index (κ2) is 22.3. The van der Waals surface area contributed by atoms with Crippen LogP contribution in [0.5, 0.6) is 0 Å². The van der Waals surface area contributed by atoms with E-state index in [1.807, 2.05) is 0 Å². The van der Waals surface area contributed by atoms with E-state index in [0.717, 1.165) is 11.8 Å². The molecular weight excluding hydrogens is 324 g/mol. The Kier molecular flexibility index (Phi) is 22.3. The maximum Gasteiger partial charge on any atom is -0.0412 e. The minimum Gasteiger partial charge on any atom is -0.0654 e. The van der Waals surface area contributed by atoms with Gasteiger partial charge in [-0.3, -0.25) is 0 Å². The molecule has 0 bridgehead atoms. The summed E-state index contributed by atoms with van der Waals surface area (Å²) < 4.78 is 0. The zero-order chi connectivity index (χ0) is 20.0. The van der Waals surface area contributed by atoms with Crippen LogP contribution < -0.4 is 0 Å². The second-order valence-electron chi connectivity index (χ2n) is 9.37. The largest absolute Gasteiger partial charge is 0.0654 e. The Hall–Kier alpha value is 0. The summed E-state index contributed by atoms with van der Waals surface area (Å²) in [7, 11) is 0. The van der Waals surface area contributed by atoms with Crippen molar-refractivity contribution in [2.24, 2.45) is 11.8 Å². The fourth-order valence-corrected chi connectivity index (χ4v) is 4.75. The van der Waals surface area contributed by atoms with E-state index in [4.69, 9.17) is 0 Å². The molecule has 0 nitrogen and oxygen atoms in total. The van der Waals surface area contributed by atoms with Crippen molar-refractivity contribution in [3.63, 3.8) is 0 Å². The maximum absolute atomic E-state index is 2.40. The highest BCUT2D eigenvalue weighted by Crippen LogP contribution is 2.30. The van der Waals surface area contributed by atoms with Crippen molar-refractivity contribution in [3.8, 4) is 0 Å². The highest BCUT2D eigenvalue weighted by Gasteiger charge is 2.16. The van der Waals surface area contributed by atoms with E-state index in [1.54, 1.807) is 6.42 Å². The number of hydrogen-bond acceptors (Lipinski definition) is 0. The van der Waals surface area contributed by atoms with Gasteiger partial charge in [0.1, 0.15) is 0 Å². The molecule has 0 N–H and O–H groups in total. The van der Waals surface area contributed by atoms with Gasteiger partial charge >= 0.3 is 0 Å². The normalized spacial score (nSPS) is 13.8. The molecule has 0 aliphatic heterocycles. The lowest BCUT2D eigenvalue weighted by Crippen LogP contribution is -2.10. The van der Waals surface area contributed by atoms with Crippen molar-refractivity contribution >= 4 is 0 Å². The lowest BCUT2D eigenvalue weighted by atomic mass is 9.82. The molecule has 2 atom stereocenters. The molecule has 0 amide bonds. The molecule has 0 aliphatic rings. The Morgan fingerprint density at radius 1 is 0.333 bits per heavy atom. The van der Waals surface area contributed by atoms with Gasteiger partial charge in [-0.1, -0.05) is 156 Å². The zero-order valence-corrected chi connectivity index (χ0v) is 20.0. The quantitative estimate of drug-likeness (QED) is 0.164. The molecule has 2 unspecified atom stereocenters. The Bertz CT molecular complexity index is 257. The fourth-order valence-electron chi connectivity index (χ4n) is 4.75. The first-order chi connectivity index (χ1) is 13.3. The van der Waals surface area contributed by atoms with E-state index in [1.165, 1.54) is 128 Å². The lowest BCUT2D eigenvalue weighted by Gasteiger charge is -2.24. The summed E-state index contributed by atoms with van der Waals surface area (Å²) in [5, 5.41) is 0. The zero-order valence-electron chi connectivity index (χ0n) is 20.0. The molecule has 0 saturated carbocycles. The van der Waals surface area contributed by atoms with Gasteiger partial charge in [-0.2, -0.15) is 0 Å². The summed E-state index contributed by atoms with van der Waals surface area (Å²) in [6, 6.07) is 0. The minimum atomic E-state index is 1.02. The van der Waals surface area contributed by atoms with Gasteiger partial charge in [0.2, 0.25) is 0 Å². The van der Waals surface area contributed by atoms with Crippen LogP contribution in [-0.2, 0) is 0 Å². The van der Waals surface area contributed by atoms with Crippen LogP contribution in [0.3, 0.4) is 0 Å². The standard InChI is InChI=1S/C27H56/c1-5-9-12-15-17-20-22-26(21-8-4)25-27(23-18-14-11-7-3)24-19-16-13-10-6-2/h26-27H,5-25H2,1-4H3. The minimum absolute atomic E-state index is 1.02. The number of rotatable bonds is 22. The predicted molar refractivity (Wildman–Crippen MR) is 127 cm³/mol. The molecule has 164 valence electrons. The molecule has 0 rings (SSSR count). The molecule has 0 fully saturated rings. The van der Waals surface area contributed by atoms with Crippen molar-refractivity contribution in [3.05, 3.63) is 0 Å². The number of unbranched alkanes of at least 4 members (excludes halogenated alkanes) is 12. The Morgan fingerprint density at radius 2 is 0.667 bits per heavy atom. The van der Waals surface area contributed by atoms with Crippen molar-refractivity contribution in [2.45, 2.75) is 163 Å². The molecule has 27 heavy (non-hydrogen) atoms. The highest BCUT2D eigenvalue weighted by molar-refractivity contribution is 4.68. The van der Waals surface area contributed by atoms with Crippen LogP contribution in [0.15, 0.2) is 0 Å². The highest BCUT2D eigenvalue weighted by atomic mass is 14.2. The number of hydrogen-bond donors (Lipinski definition) is 0. The molecule has 0 aromatic heterocycles. The van der Waals surface area contributed by atoms with Gasteiger partial charge in [0, 0.05) is 0 Å². The summed E-state index contributed by atoms with van der Waals surface area (Å²) in [5.41, 5.74) is 0. The Morgan fingerprint density at radius 3 is 1.07 bits per heavy atom. The third-order valence-electron chi connectivity index (χ3n) is 6.51. The molecular formula is C27H56. The van der Waals surface area contributed by atoms with Gasteiger partial charge in [-0.25, -0.2) is 0 Å². The van der Waals surface area contributed by atoms with Crippen LogP contribution in [-0.4, -0.2) is 0 Å². The van der Waals surface area contributed by atoms with Crippen LogP contribution in [0.25, 0.3) is 0 Å². The van der Waals surface area contributed by atoms with Gasteiger partial charge < -0.3 is 0 Å². The van der Waals surface area contributed by atoms with Crippen LogP contribution in [0.1, 0.15) is 163 Å². The SMILES string of the molecule is CCCCCCCCC(CCC)CC(CCCCCC)CCCCCCC. The summed E-state index contributed by atoms with van der Waals surface area (Å²) in [4.78, 5) is 0. The van der Waals surface area contributed by atoms with E-state index in [9.17, 15) is 0 Å². The van der Waals surface area contributed by atoms with E-state index in [2.05, 4.69) is 27.7 Å².